The Bertz CT molecular complexity index is 2540. The Morgan fingerprint density at radius 3 is 0.684 bits per heavy atom. The lowest BCUT2D eigenvalue weighted by Gasteiger charge is -2.29. The van der Waals surface area contributed by atoms with Crippen LogP contribution < -0.4 is 14.7 Å². The molecule has 272 valence electrons. The van der Waals surface area contributed by atoms with Crippen LogP contribution in [0.1, 0.15) is 0 Å². The SMILES string of the molecule is c1ccc(-c2cc(N(c3ccccc3)c3ccc(N(c4ccccc4)c4ccc(N(c5ccccc5)c5ccccc5)cc4)cc3)cc(-c3ccccc3)n2)cc1. The molecule has 0 spiro atoms. The second-order valence-electron chi connectivity index (χ2n) is 13.7. The van der Waals surface area contributed by atoms with Crippen molar-refractivity contribution in [2.24, 2.45) is 0 Å². The van der Waals surface area contributed by atoms with E-state index in [0.717, 1.165) is 73.7 Å². The van der Waals surface area contributed by atoms with Crippen molar-refractivity contribution >= 4 is 51.2 Å². The topological polar surface area (TPSA) is 22.6 Å². The minimum atomic E-state index is 0.918. The first-order valence-corrected chi connectivity index (χ1v) is 19.2. The number of anilines is 9. The average Bonchev–Trinajstić information content (AvgIpc) is 3.30. The quantitative estimate of drug-likeness (QED) is 0.132. The van der Waals surface area contributed by atoms with Crippen molar-refractivity contribution in [3.63, 3.8) is 0 Å². The van der Waals surface area contributed by atoms with Gasteiger partial charge in [-0.15, -0.1) is 0 Å². The summed E-state index contributed by atoms with van der Waals surface area (Å²) in [6.45, 7) is 0. The summed E-state index contributed by atoms with van der Waals surface area (Å²) >= 11 is 0. The largest absolute Gasteiger partial charge is 0.311 e. The summed E-state index contributed by atoms with van der Waals surface area (Å²) in [5.74, 6) is 0. The van der Waals surface area contributed by atoms with Crippen LogP contribution in [0.4, 0.5) is 51.2 Å². The summed E-state index contributed by atoms with van der Waals surface area (Å²) in [4.78, 5) is 12.1. The Kier molecular flexibility index (Phi) is 10.1. The van der Waals surface area contributed by atoms with Crippen LogP contribution in [0, 0.1) is 0 Å². The van der Waals surface area contributed by atoms with E-state index in [9.17, 15) is 0 Å². The Morgan fingerprint density at radius 2 is 0.421 bits per heavy atom. The van der Waals surface area contributed by atoms with Crippen LogP contribution in [0.2, 0.25) is 0 Å². The van der Waals surface area contributed by atoms with Gasteiger partial charge in [0.1, 0.15) is 0 Å². The van der Waals surface area contributed by atoms with E-state index in [1.807, 2.05) is 12.1 Å². The van der Waals surface area contributed by atoms with Gasteiger partial charge in [-0.25, -0.2) is 4.98 Å². The zero-order valence-corrected chi connectivity index (χ0v) is 31.4. The summed E-state index contributed by atoms with van der Waals surface area (Å²) in [6.07, 6.45) is 0. The van der Waals surface area contributed by atoms with Gasteiger partial charge < -0.3 is 14.7 Å². The van der Waals surface area contributed by atoms with Crippen LogP contribution in [0.15, 0.2) is 243 Å². The molecule has 9 aromatic rings. The summed E-state index contributed by atoms with van der Waals surface area (Å²) in [5.41, 5.74) is 13.6. The monoisotopic (exact) mass is 732 g/mol. The van der Waals surface area contributed by atoms with Gasteiger partial charge in [0.2, 0.25) is 0 Å². The number of benzene rings is 8. The number of pyridine rings is 1. The fourth-order valence-electron chi connectivity index (χ4n) is 7.31. The Labute approximate surface area is 334 Å². The van der Waals surface area contributed by atoms with Gasteiger partial charge in [-0.05, 0) is 109 Å². The van der Waals surface area contributed by atoms with Crippen LogP contribution in [-0.2, 0) is 0 Å². The Balaban J connectivity index is 1.12. The molecule has 1 aromatic heterocycles. The van der Waals surface area contributed by atoms with Crippen LogP contribution in [0.25, 0.3) is 22.5 Å². The minimum absolute atomic E-state index is 0.918. The normalized spacial score (nSPS) is 10.8. The van der Waals surface area contributed by atoms with Gasteiger partial charge in [-0.3, -0.25) is 0 Å². The van der Waals surface area contributed by atoms with Gasteiger partial charge in [-0.2, -0.15) is 0 Å². The van der Waals surface area contributed by atoms with E-state index in [2.05, 4.69) is 245 Å². The lowest BCUT2D eigenvalue weighted by molar-refractivity contribution is 1.23. The second-order valence-corrected chi connectivity index (χ2v) is 13.7. The third kappa shape index (κ3) is 7.66. The van der Waals surface area contributed by atoms with Crippen molar-refractivity contribution in [2.45, 2.75) is 0 Å². The number of hydrogen-bond donors (Lipinski definition) is 0. The fraction of sp³-hybridized carbons (Fsp3) is 0. The van der Waals surface area contributed by atoms with Crippen molar-refractivity contribution in [1.82, 2.24) is 4.98 Å². The van der Waals surface area contributed by atoms with Crippen molar-refractivity contribution in [1.29, 1.82) is 0 Å². The average molecular weight is 733 g/mol. The summed E-state index contributed by atoms with van der Waals surface area (Å²) in [6, 6.07) is 85.0. The predicted molar refractivity (Wildman–Crippen MR) is 239 cm³/mol. The van der Waals surface area contributed by atoms with Gasteiger partial charge in [0.05, 0.1) is 17.1 Å². The molecule has 57 heavy (non-hydrogen) atoms. The van der Waals surface area contributed by atoms with E-state index in [4.69, 9.17) is 4.98 Å². The standard InChI is InChI=1S/C53H40N4/c1-7-19-41(20-8-1)52-39-51(40-53(54-52)42-21-9-2-10-22-42)57(46-29-17-6-18-30-46)50-37-35-49(36-38-50)56(45-27-15-5-16-28-45)48-33-31-47(32-34-48)55(43-23-11-3-12-24-43)44-25-13-4-14-26-44/h1-40H. The predicted octanol–water partition coefficient (Wildman–Crippen LogP) is 14.8. The van der Waals surface area contributed by atoms with Crippen molar-refractivity contribution < 1.29 is 0 Å². The molecular formula is C53H40N4. The Hall–Kier alpha value is -7.69. The van der Waals surface area contributed by atoms with Gasteiger partial charge in [0.25, 0.3) is 0 Å². The molecule has 0 aliphatic carbocycles. The molecule has 0 aliphatic rings. The van der Waals surface area contributed by atoms with Crippen LogP contribution in [0.3, 0.4) is 0 Å². The van der Waals surface area contributed by atoms with Gasteiger partial charge >= 0.3 is 0 Å². The van der Waals surface area contributed by atoms with E-state index < -0.39 is 0 Å². The molecule has 4 heteroatoms. The summed E-state index contributed by atoms with van der Waals surface area (Å²) < 4.78 is 0. The molecule has 0 aliphatic heterocycles. The number of nitrogens with zero attached hydrogens (tertiary/aromatic N) is 4. The van der Waals surface area contributed by atoms with Crippen LogP contribution >= 0.6 is 0 Å². The molecule has 1 heterocycles. The maximum Gasteiger partial charge on any atom is 0.0730 e. The molecule has 0 radical (unpaired) electrons. The van der Waals surface area contributed by atoms with Crippen LogP contribution in [0.5, 0.6) is 0 Å². The molecule has 0 bridgehead atoms. The van der Waals surface area contributed by atoms with E-state index in [0.29, 0.717) is 0 Å². The van der Waals surface area contributed by atoms with Crippen molar-refractivity contribution in [3.8, 4) is 22.5 Å². The molecular weight excluding hydrogens is 693 g/mol. The van der Waals surface area contributed by atoms with Crippen molar-refractivity contribution in [2.75, 3.05) is 14.7 Å². The fourth-order valence-corrected chi connectivity index (χ4v) is 7.31. The first kappa shape index (κ1) is 35.0. The first-order valence-electron chi connectivity index (χ1n) is 19.2. The van der Waals surface area contributed by atoms with E-state index in [1.54, 1.807) is 0 Å². The highest BCUT2D eigenvalue weighted by atomic mass is 15.2. The second kappa shape index (κ2) is 16.4. The Morgan fingerprint density at radius 1 is 0.211 bits per heavy atom. The minimum Gasteiger partial charge on any atom is -0.311 e. The zero-order chi connectivity index (χ0) is 38.2. The highest BCUT2D eigenvalue weighted by molar-refractivity contribution is 5.85. The highest BCUT2D eigenvalue weighted by Gasteiger charge is 2.19. The number of rotatable bonds is 11. The highest BCUT2D eigenvalue weighted by Crippen LogP contribution is 2.42. The van der Waals surface area contributed by atoms with E-state index in [1.165, 1.54) is 0 Å². The molecule has 0 amide bonds. The molecule has 0 fully saturated rings. The summed E-state index contributed by atoms with van der Waals surface area (Å²) in [7, 11) is 0. The summed E-state index contributed by atoms with van der Waals surface area (Å²) in [5, 5.41) is 0. The molecule has 0 unspecified atom stereocenters. The molecule has 0 N–H and O–H groups in total. The molecule has 0 atom stereocenters. The molecule has 8 aromatic carbocycles. The zero-order valence-electron chi connectivity index (χ0n) is 31.4. The van der Waals surface area contributed by atoms with E-state index in [-0.39, 0.29) is 0 Å². The lowest BCUT2D eigenvalue weighted by atomic mass is 10.1. The number of aromatic nitrogens is 1. The van der Waals surface area contributed by atoms with E-state index >= 15 is 0 Å². The third-order valence-electron chi connectivity index (χ3n) is 10.00. The lowest BCUT2D eigenvalue weighted by Crippen LogP contribution is -2.13. The first-order chi connectivity index (χ1) is 28.3. The van der Waals surface area contributed by atoms with Gasteiger partial charge in [0, 0.05) is 56.6 Å². The molecule has 4 nitrogen and oxygen atoms in total. The molecule has 9 rings (SSSR count). The van der Waals surface area contributed by atoms with Crippen LogP contribution in [-0.4, -0.2) is 4.98 Å². The maximum absolute atomic E-state index is 5.16. The maximum atomic E-state index is 5.16. The smallest absolute Gasteiger partial charge is 0.0730 e. The number of para-hydroxylation sites is 4. The third-order valence-corrected chi connectivity index (χ3v) is 10.00. The molecule has 0 saturated carbocycles. The van der Waals surface area contributed by atoms with Gasteiger partial charge in [-0.1, -0.05) is 133 Å². The molecule has 0 saturated heterocycles. The van der Waals surface area contributed by atoms with Gasteiger partial charge in [0.15, 0.2) is 0 Å². The number of hydrogen-bond acceptors (Lipinski definition) is 4. The van der Waals surface area contributed by atoms with Crippen molar-refractivity contribution in [3.05, 3.63) is 243 Å².